The molecule has 0 fully saturated rings. The van der Waals surface area contributed by atoms with E-state index in [4.69, 9.17) is 4.74 Å². The molecule has 0 aliphatic rings. The number of hydrogen-bond donors (Lipinski definition) is 1. The number of aliphatic hydroxyl groups excluding tert-OH is 1. The smallest absolute Gasteiger partial charge is 0.120 e. The van der Waals surface area contributed by atoms with Crippen molar-refractivity contribution < 1.29 is 9.84 Å². The first-order valence-corrected chi connectivity index (χ1v) is 9.31. The molecule has 26 heavy (non-hydrogen) atoms. The Kier molecular flexibility index (Phi) is 4.66. The summed E-state index contributed by atoms with van der Waals surface area (Å²) >= 11 is 3.48. The predicted molar refractivity (Wildman–Crippen MR) is 108 cm³/mol. The normalized spacial score (nSPS) is 12.6. The fourth-order valence-electron chi connectivity index (χ4n) is 3.17. The molecule has 0 spiro atoms. The average Bonchev–Trinajstić information content (AvgIpc) is 2.95. The highest BCUT2D eigenvalue weighted by molar-refractivity contribution is 9.10. The molecule has 5 heteroatoms. The van der Waals surface area contributed by atoms with Gasteiger partial charge in [0, 0.05) is 4.47 Å². The summed E-state index contributed by atoms with van der Waals surface area (Å²) in [6.07, 6.45) is -0.619. The van der Waals surface area contributed by atoms with Gasteiger partial charge in [0.05, 0.1) is 17.6 Å². The van der Waals surface area contributed by atoms with Gasteiger partial charge in [-0.2, -0.15) is 0 Å². The second-order valence-corrected chi connectivity index (χ2v) is 7.29. The standard InChI is InChI=1S/C21H19BrN2O2/c1-14-23-20-4-2-3-5-21(20)24(14)12-18(25)13-26-19-9-7-15-10-17(22)8-6-16(15)11-19/h2-11,18,25H,12-13H2,1H3/t18-/m0/s1. The van der Waals surface area contributed by atoms with Gasteiger partial charge in [0.2, 0.25) is 0 Å². The zero-order valence-corrected chi connectivity index (χ0v) is 16.0. The first kappa shape index (κ1) is 17.1. The Labute approximate surface area is 160 Å². The molecule has 1 atom stereocenters. The number of aryl methyl sites for hydroxylation is 1. The van der Waals surface area contributed by atoms with Crippen molar-refractivity contribution in [3.8, 4) is 5.75 Å². The number of halogens is 1. The SMILES string of the molecule is Cc1nc2ccccc2n1C[C@H](O)COc1ccc2cc(Br)ccc2c1. The minimum atomic E-state index is -0.619. The maximum Gasteiger partial charge on any atom is 0.120 e. The summed E-state index contributed by atoms with van der Waals surface area (Å²) in [4.78, 5) is 4.53. The van der Waals surface area contributed by atoms with E-state index in [1.54, 1.807) is 0 Å². The van der Waals surface area contributed by atoms with Crippen molar-refractivity contribution in [3.05, 3.63) is 71.0 Å². The number of aromatic nitrogens is 2. The van der Waals surface area contributed by atoms with E-state index in [0.717, 1.165) is 37.9 Å². The van der Waals surface area contributed by atoms with E-state index in [0.29, 0.717) is 6.54 Å². The zero-order valence-electron chi connectivity index (χ0n) is 14.4. The Balaban J connectivity index is 1.46. The van der Waals surface area contributed by atoms with Crippen LogP contribution in [-0.2, 0) is 6.54 Å². The van der Waals surface area contributed by atoms with E-state index in [-0.39, 0.29) is 6.61 Å². The van der Waals surface area contributed by atoms with Crippen LogP contribution in [-0.4, -0.2) is 27.4 Å². The molecule has 3 aromatic carbocycles. The van der Waals surface area contributed by atoms with Crippen molar-refractivity contribution in [2.45, 2.75) is 19.6 Å². The summed E-state index contributed by atoms with van der Waals surface area (Å²) in [7, 11) is 0. The van der Waals surface area contributed by atoms with Crippen LogP contribution in [0.25, 0.3) is 21.8 Å². The zero-order chi connectivity index (χ0) is 18.1. The second kappa shape index (κ2) is 7.09. The van der Waals surface area contributed by atoms with Crippen molar-refractivity contribution in [1.82, 2.24) is 9.55 Å². The number of benzene rings is 3. The van der Waals surface area contributed by atoms with Crippen LogP contribution in [0.4, 0.5) is 0 Å². The first-order chi connectivity index (χ1) is 12.6. The number of rotatable bonds is 5. The van der Waals surface area contributed by atoms with Crippen LogP contribution >= 0.6 is 15.9 Å². The monoisotopic (exact) mass is 410 g/mol. The fourth-order valence-corrected chi connectivity index (χ4v) is 3.55. The van der Waals surface area contributed by atoms with Crippen LogP contribution in [0.2, 0.25) is 0 Å². The summed E-state index contributed by atoms with van der Waals surface area (Å²) < 4.78 is 8.89. The van der Waals surface area contributed by atoms with Crippen LogP contribution < -0.4 is 4.74 Å². The molecular formula is C21H19BrN2O2. The molecular weight excluding hydrogens is 392 g/mol. The average molecular weight is 411 g/mol. The molecule has 0 radical (unpaired) electrons. The van der Waals surface area contributed by atoms with E-state index in [2.05, 4.69) is 27.0 Å². The van der Waals surface area contributed by atoms with E-state index in [1.165, 1.54) is 0 Å². The molecule has 4 aromatic rings. The van der Waals surface area contributed by atoms with E-state index >= 15 is 0 Å². The van der Waals surface area contributed by atoms with E-state index < -0.39 is 6.10 Å². The van der Waals surface area contributed by atoms with Crippen LogP contribution in [0.1, 0.15) is 5.82 Å². The Morgan fingerprint density at radius 2 is 1.85 bits per heavy atom. The Morgan fingerprint density at radius 3 is 2.73 bits per heavy atom. The Bertz CT molecular complexity index is 1070. The maximum absolute atomic E-state index is 10.4. The predicted octanol–water partition coefficient (Wildman–Crippen LogP) is 4.70. The molecule has 0 aliphatic carbocycles. The molecule has 1 heterocycles. The van der Waals surface area contributed by atoms with Crippen LogP contribution in [0, 0.1) is 6.92 Å². The third-order valence-electron chi connectivity index (χ3n) is 4.45. The van der Waals surface area contributed by atoms with E-state index in [1.807, 2.05) is 66.1 Å². The maximum atomic E-state index is 10.4. The number of ether oxygens (including phenoxy) is 1. The largest absolute Gasteiger partial charge is 0.491 e. The highest BCUT2D eigenvalue weighted by Gasteiger charge is 2.12. The van der Waals surface area contributed by atoms with Crippen molar-refractivity contribution in [2.24, 2.45) is 0 Å². The third kappa shape index (κ3) is 3.45. The summed E-state index contributed by atoms with van der Waals surface area (Å²) in [5.74, 6) is 1.65. The van der Waals surface area contributed by atoms with Crippen molar-refractivity contribution in [2.75, 3.05) is 6.61 Å². The van der Waals surface area contributed by atoms with E-state index in [9.17, 15) is 5.11 Å². The lowest BCUT2D eigenvalue weighted by molar-refractivity contribution is 0.0930. The number of fused-ring (bicyclic) bond motifs is 2. The summed E-state index contributed by atoms with van der Waals surface area (Å²) in [6.45, 7) is 2.63. The highest BCUT2D eigenvalue weighted by atomic mass is 79.9. The minimum Gasteiger partial charge on any atom is -0.491 e. The number of imidazole rings is 1. The molecule has 132 valence electrons. The summed E-state index contributed by atoms with van der Waals surface area (Å²) in [6, 6.07) is 20.0. The quantitative estimate of drug-likeness (QED) is 0.518. The Hall–Kier alpha value is -2.37. The van der Waals surface area contributed by atoms with Crippen LogP contribution in [0.15, 0.2) is 65.1 Å². The molecule has 0 saturated carbocycles. The molecule has 1 N–H and O–H groups in total. The molecule has 4 rings (SSSR count). The minimum absolute atomic E-state index is 0.230. The molecule has 4 nitrogen and oxygen atoms in total. The van der Waals surface area contributed by atoms with Gasteiger partial charge in [0.25, 0.3) is 0 Å². The van der Waals surface area contributed by atoms with Gasteiger partial charge in [-0.05, 0) is 54.1 Å². The van der Waals surface area contributed by atoms with Gasteiger partial charge in [0.15, 0.2) is 0 Å². The molecule has 0 amide bonds. The first-order valence-electron chi connectivity index (χ1n) is 8.52. The molecule has 0 unspecified atom stereocenters. The van der Waals surface area contributed by atoms with Crippen LogP contribution in [0.3, 0.4) is 0 Å². The van der Waals surface area contributed by atoms with Gasteiger partial charge < -0.3 is 14.4 Å². The van der Waals surface area contributed by atoms with Crippen molar-refractivity contribution in [1.29, 1.82) is 0 Å². The van der Waals surface area contributed by atoms with Crippen LogP contribution in [0.5, 0.6) is 5.75 Å². The molecule has 0 aliphatic heterocycles. The van der Waals surface area contributed by atoms with Gasteiger partial charge >= 0.3 is 0 Å². The van der Waals surface area contributed by atoms with Gasteiger partial charge in [-0.25, -0.2) is 4.98 Å². The number of aliphatic hydroxyl groups is 1. The highest BCUT2D eigenvalue weighted by Crippen LogP contribution is 2.24. The van der Waals surface area contributed by atoms with Crippen molar-refractivity contribution in [3.63, 3.8) is 0 Å². The lowest BCUT2D eigenvalue weighted by atomic mass is 10.1. The summed E-state index contributed by atoms with van der Waals surface area (Å²) in [5.41, 5.74) is 1.97. The second-order valence-electron chi connectivity index (χ2n) is 6.38. The van der Waals surface area contributed by atoms with Gasteiger partial charge in [0.1, 0.15) is 24.3 Å². The molecule has 1 aromatic heterocycles. The fraction of sp³-hybridized carbons (Fsp3) is 0.190. The topological polar surface area (TPSA) is 47.3 Å². The summed E-state index contributed by atoms with van der Waals surface area (Å²) in [5, 5.41) is 12.7. The van der Waals surface area contributed by atoms with Crippen molar-refractivity contribution >= 4 is 37.7 Å². The lowest BCUT2D eigenvalue weighted by Gasteiger charge is -2.15. The number of nitrogens with zero attached hydrogens (tertiary/aromatic N) is 2. The number of para-hydroxylation sites is 2. The van der Waals surface area contributed by atoms with Gasteiger partial charge in [-0.3, -0.25) is 0 Å². The van der Waals surface area contributed by atoms with Gasteiger partial charge in [-0.15, -0.1) is 0 Å². The lowest BCUT2D eigenvalue weighted by Crippen LogP contribution is -2.24. The third-order valence-corrected chi connectivity index (χ3v) is 4.95. The number of hydrogen-bond acceptors (Lipinski definition) is 3. The Morgan fingerprint density at radius 1 is 1.08 bits per heavy atom. The molecule has 0 bridgehead atoms. The molecule has 0 saturated heterocycles. The van der Waals surface area contributed by atoms with Gasteiger partial charge in [-0.1, -0.05) is 40.2 Å².